The Morgan fingerprint density at radius 1 is 1.22 bits per heavy atom. The molecule has 196 valence electrons. The molecule has 1 saturated heterocycles. The lowest BCUT2D eigenvalue weighted by atomic mass is 9.79. The summed E-state index contributed by atoms with van der Waals surface area (Å²) >= 11 is 0. The minimum Gasteiger partial charge on any atom is -0.493 e. The lowest BCUT2D eigenvalue weighted by Gasteiger charge is -2.44. The van der Waals surface area contributed by atoms with Crippen molar-refractivity contribution < 1.29 is 19.4 Å². The van der Waals surface area contributed by atoms with Gasteiger partial charge in [-0.1, -0.05) is 27.7 Å². The molecular weight excluding hydrogens is 456 g/mol. The van der Waals surface area contributed by atoms with Gasteiger partial charge in [-0.05, 0) is 56.6 Å². The van der Waals surface area contributed by atoms with Crippen LogP contribution in [0, 0.1) is 5.41 Å². The number of fused-ring (bicyclic) bond motifs is 1. The zero-order valence-corrected chi connectivity index (χ0v) is 22.5. The number of nitrogens with zero attached hydrogens (tertiary/aromatic N) is 4. The molecule has 1 aromatic heterocycles. The third-order valence-electron chi connectivity index (χ3n) is 7.64. The van der Waals surface area contributed by atoms with Crippen molar-refractivity contribution in [2.24, 2.45) is 5.41 Å². The van der Waals surface area contributed by atoms with Gasteiger partial charge in [0.2, 0.25) is 5.91 Å². The van der Waals surface area contributed by atoms with Gasteiger partial charge >= 0.3 is 6.09 Å². The number of anilines is 1. The Bertz CT molecular complexity index is 1120. The van der Waals surface area contributed by atoms with Gasteiger partial charge in [-0.15, -0.1) is 0 Å². The Morgan fingerprint density at radius 3 is 2.61 bits per heavy atom. The Balaban J connectivity index is 1.68. The third-order valence-corrected chi connectivity index (χ3v) is 7.64. The van der Waals surface area contributed by atoms with E-state index >= 15 is 0 Å². The van der Waals surface area contributed by atoms with E-state index in [0.29, 0.717) is 13.2 Å². The Labute approximate surface area is 214 Å². The molecule has 1 N–H and O–H groups in total. The number of likely N-dealkylation sites (tertiary alicyclic amines) is 1. The summed E-state index contributed by atoms with van der Waals surface area (Å²) in [6.07, 6.45) is 7.21. The summed E-state index contributed by atoms with van der Waals surface area (Å²) in [7, 11) is 0. The van der Waals surface area contributed by atoms with Crippen molar-refractivity contribution in [3.05, 3.63) is 30.1 Å². The Hall–Kier alpha value is -3.03. The van der Waals surface area contributed by atoms with Gasteiger partial charge in [0.1, 0.15) is 5.75 Å². The Morgan fingerprint density at radius 2 is 1.97 bits per heavy atom. The first-order valence-electron chi connectivity index (χ1n) is 13.2. The van der Waals surface area contributed by atoms with Crippen molar-refractivity contribution in [3.8, 4) is 16.9 Å². The molecule has 2 aromatic rings. The molecule has 36 heavy (non-hydrogen) atoms. The molecule has 0 radical (unpaired) electrons. The molecule has 1 fully saturated rings. The number of carbonyl (C=O) groups is 2. The number of carboxylic acid groups (broad SMARTS) is 1. The number of benzene rings is 1. The number of amides is 2. The molecule has 4 rings (SSSR count). The molecule has 1 aromatic carbocycles. The maximum absolute atomic E-state index is 12.4. The van der Waals surface area contributed by atoms with E-state index in [4.69, 9.17) is 9.84 Å². The highest BCUT2D eigenvalue weighted by Crippen LogP contribution is 2.44. The number of aromatic nitrogens is 2. The fourth-order valence-corrected chi connectivity index (χ4v) is 5.79. The molecule has 0 aliphatic carbocycles. The topological polar surface area (TPSA) is 87.9 Å². The van der Waals surface area contributed by atoms with Crippen LogP contribution in [-0.4, -0.2) is 57.0 Å². The van der Waals surface area contributed by atoms with Gasteiger partial charge in [0.05, 0.1) is 24.5 Å². The van der Waals surface area contributed by atoms with Crippen molar-refractivity contribution in [1.29, 1.82) is 0 Å². The number of rotatable bonds is 5. The normalized spacial score (nSPS) is 22.3. The zero-order valence-electron chi connectivity index (χ0n) is 22.5. The minimum atomic E-state index is -0.852. The van der Waals surface area contributed by atoms with Crippen molar-refractivity contribution in [2.45, 2.75) is 91.8 Å². The molecule has 2 unspecified atom stereocenters. The molecule has 0 saturated carbocycles. The van der Waals surface area contributed by atoms with Crippen LogP contribution in [-0.2, 0) is 11.2 Å². The predicted molar refractivity (Wildman–Crippen MR) is 141 cm³/mol. The van der Waals surface area contributed by atoms with E-state index in [9.17, 15) is 14.7 Å². The van der Waals surface area contributed by atoms with Crippen LogP contribution in [0.2, 0.25) is 0 Å². The van der Waals surface area contributed by atoms with E-state index in [-0.39, 0.29) is 29.4 Å². The van der Waals surface area contributed by atoms with Gasteiger partial charge < -0.3 is 19.6 Å². The molecule has 2 aliphatic heterocycles. The smallest absolute Gasteiger partial charge is 0.407 e. The van der Waals surface area contributed by atoms with Gasteiger partial charge in [0.25, 0.3) is 0 Å². The maximum Gasteiger partial charge on any atom is 0.407 e. The van der Waals surface area contributed by atoms with Crippen LogP contribution in [0.4, 0.5) is 10.5 Å². The molecule has 8 heteroatoms. The second-order valence-electron chi connectivity index (χ2n) is 11.3. The maximum atomic E-state index is 12.4. The van der Waals surface area contributed by atoms with Crippen molar-refractivity contribution in [3.63, 3.8) is 0 Å². The van der Waals surface area contributed by atoms with E-state index in [0.717, 1.165) is 60.2 Å². The standard InChI is InChI=1S/C28H40N4O4/c1-7-14-36-26-22(10-11-24-23(26)9-8-18(2)32(24)19(3)33)20-16-29-31(17-20)21-12-13-30(27(34)35)25(15-21)28(4,5)6/h10-11,16-18,21,25H,7-9,12-15H2,1-6H3,(H,34,35)/t18?,21?,25-/m0/s1. The second kappa shape index (κ2) is 10.1. The summed E-state index contributed by atoms with van der Waals surface area (Å²) in [4.78, 5) is 27.7. The van der Waals surface area contributed by atoms with E-state index in [1.165, 1.54) is 0 Å². The highest BCUT2D eigenvalue weighted by molar-refractivity contribution is 5.95. The lowest BCUT2D eigenvalue weighted by Crippen LogP contribution is -2.51. The molecule has 3 atom stereocenters. The SMILES string of the molecule is CCCOc1c(-c2cnn(C3CCN(C(=O)O)[C@H](C(C)(C)C)C3)c2)ccc2c1CCC(C)N2C(C)=O. The van der Waals surface area contributed by atoms with Crippen LogP contribution in [0.1, 0.15) is 78.8 Å². The monoisotopic (exact) mass is 496 g/mol. The summed E-state index contributed by atoms with van der Waals surface area (Å²) in [5.74, 6) is 0.895. The molecule has 0 bridgehead atoms. The van der Waals surface area contributed by atoms with Crippen molar-refractivity contribution >= 4 is 17.7 Å². The van der Waals surface area contributed by atoms with Crippen molar-refractivity contribution in [2.75, 3.05) is 18.1 Å². The van der Waals surface area contributed by atoms with Gasteiger partial charge in [0.15, 0.2) is 0 Å². The quantitative estimate of drug-likeness (QED) is 0.569. The molecule has 2 amide bonds. The minimum absolute atomic E-state index is 0.0477. The number of hydrogen-bond donors (Lipinski definition) is 1. The summed E-state index contributed by atoms with van der Waals surface area (Å²) in [5.41, 5.74) is 3.83. The summed E-state index contributed by atoms with van der Waals surface area (Å²) in [6.45, 7) is 13.2. The fraction of sp³-hybridized carbons (Fsp3) is 0.607. The number of ether oxygens (including phenoxy) is 1. The van der Waals surface area contributed by atoms with E-state index < -0.39 is 6.09 Å². The Kier molecular flexibility index (Phi) is 7.34. The lowest BCUT2D eigenvalue weighted by molar-refractivity contribution is -0.117. The molecular formula is C28H40N4O4. The van der Waals surface area contributed by atoms with E-state index in [1.807, 2.05) is 27.9 Å². The number of carbonyl (C=O) groups excluding carboxylic acids is 1. The van der Waals surface area contributed by atoms with Gasteiger partial charge in [-0.25, -0.2) is 4.79 Å². The van der Waals surface area contributed by atoms with Crippen LogP contribution in [0.3, 0.4) is 0 Å². The third kappa shape index (κ3) is 4.95. The molecule has 3 heterocycles. The molecule has 8 nitrogen and oxygen atoms in total. The number of piperidine rings is 1. The van der Waals surface area contributed by atoms with Crippen LogP contribution in [0.25, 0.3) is 11.1 Å². The van der Waals surface area contributed by atoms with Crippen LogP contribution < -0.4 is 9.64 Å². The van der Waals surface area contributed by atoms with E-state index in [1.54, 1.807) is 11.8 Å². The average molecular weight is 497 g/mol. The van der Waals surface area contributed by atoms with Gasteiger partial charge in [0, 0.05) is 48.4 Å². The van der Waals surface area contributed by atoms with Crippen LogP contribution >= 0.6 is 0 Å². The largest absolute Gasteiger partial charge is 0.493 e. The highest BCUT2D eigenvalue weighted by Gasteiger charge is 2.39. The highest BCUT2D eigenvalue weighted by atomic mass is 16.5. The number of hydrogen-bond acceptors (Lipinski definition) is 4. The first-order valence-corrected chi connectivity index (χ1v) is 13.2. The predicted octanol–water partition coefficient (Wildman–Crippen LogP) is 5.76. The van der Waals surface area contributed by atoms with Crippen molar-refractivity contribution in [1.82, 2.24) is 14.7 Å². The zero-order chi connectivity index (χ0) is 26.2. The second-order valence-corrected chi connectivity index (χ2v) is 11.3. The molecule has 0 spiro atoms. The van der Waals surface area contributed by atoms with Crippen LogP contribution in [0.15, 0.2) is 24.5 Å². The first kappa shape index (κ1) is 26.0. The molecule has 2 aliphatic rings. The summed E-state index contributed by atoms with van der Waals surface area (Å²) in [5, 5.41) is 14.4. The van der Waals surface area contributed by atoms with E-state index in [2.05, 4.69) is 40.8 Å². The first-order chi connectivity index (χ1) is 17.0. The summed E-state index contributed by atoms with van der Waals surface area (Å²) in [6, 6.07) is 4.30. The average Bonchev–Trinajstić information content (AvgIpc) is 3.31. The summed E-state index contributed by atoms with van der Waals surface area (Å²) < 4.78 is 8.31. The van der Waals surface area contributed by atoms with Gasteiger partial charge in [-0.2, -0.15) is 5.10 Å². The fourth-order valence-electron chi connectivity index (χ4n) is 5.79. The van der Waals surface area contributed by atoms with Gasteiger partial charge in [-0.3, -0.25) is 9.48 Å². The van der Waals surface area contributed by atoms with Crippen LogP contribution in [0.5, 0.6) is 5.75 Å².